The van der Waals surface area contributed by atoms with Gasteiger partial charge in [-0.05, 0) is 49.3 Å². The average Bonchev–Trinajstić information content (AvgIpc) is 2.64. The number of nitrogens with one attached hydrogen (secondary N) is 3. The highest BCUT2D eigenvalue weighted by Crippen LogP contribution is 2.25. The van der Waals surface area contributed by atoms with Crippen LogP contribution in [0.2, 0.25) is 0 Å². The molecule has 0 unspecified atom stereocenters. The summed E-state index contributed by atoms with van der Waals surface area (Å²) < 4.78 is 0. The molecule has 26 heavy (non-hydrogen) atoms. The van der Waals surface area contributed by atoms with Gasteiger partial charge in [0.05, 0.1) is 11.4 Å². The van der Waals surface area contributed by atoms with Crippen molar-refractivity contribution in [2.75, 3.05) is 23.7 Å². The van der Waals surface area contributed by atoms with E-state index in [-0.39, 0.29) is 6.04 Å². The molecule has 6 nitrogen and oxygen atoms in total. The first kappa shape index (κ1) is 18.0. The summed E-state index contributed by atoms with van der Waals surface area (Å²) in [6, 6.07) is 18.0. The molecule has 0 radical (unpaired) electrons. The standard InChI is InChI=1S/C19H22N4O2S/c24-19(25)23-12-10-15(11-13-23)21-18(26)22-17-9-5-4-8-16(17)20-14-6-2-1-3-7-14/h1-9,15,20H,10-13H2,(H,24,25)(H2,21,22,26). The molecule has 0 aromatic heterocycles. The second kappa shape index (κ2) is 8.53. The van der Waals surface area contributed by atoms with Gasteiger partial charge in [0.1, 0.15) is 0 Å². The number of amides is 1. The number of nitrogens with zero attached hydrogens (tertiary/aromatic N) is 1. The summed E-state index contributed by atoms with van der Waals surface area (Å²) in [5.74, 6) is 0. The predicted molar refractivity (Wildman–Crippen MR) is 108 cm³/mol. The minimum atomic E-state index is -0.856. The highest BCUT2D eigenvalue weighted by Gasteiger charge is 2.22. The third-order valence-corrected chi connectivity index (χ3v) is 4.55. The lowest BCUT2D eigenvalue weighted by molar-refractivity contribution is 0.131. The van der Waals surface area contributed by atoms with Crippen molar-refractivity contribution in [2.45, 2.75) is 18.9 Å². The zero-order chi connectivity index (χ0) is 18.4. The molecule has 0 spiro atoms. The Kier molecular flexibility index (Phi) is 5.91. The molecule has 3 rings (SSSR count). The molecule has 2 aromatic carbocycles. The van der Waals surface area contributed by atoms with Gasteiger partial charge in [-0.2, -0.15) is 0 Å². The third-order valence-electron chi connectivity index (χ3n) is 4.33. The maximum Gasteiger partial charge on any atom is 0.407 e. The molecule has 0 atom stereocenters. The SMILES string of the molecule is O=C(O)N1CCC(NC(=S)Nc2ccccc2Nc2ccccc2)CC1. The number of para-hydroxylation sites is 3. The van der Waals surface area contributed by atoms with E-state index in [1.165, 1.54) is 4.90 Å². The molecule has 1 amide bonds. The number of thiocarbonyl (C=S) groups is 1. The summed E-state index contributed by atoms with van der Waals surface area (Å²) in [6.45, 7) is 1.06. The molecule has 0 aliphatic carbocycles. The van der Waals surface area contributed by atoms with Gasteiger partial charge in [0, 0.05) is 24.8 Å². The fourth-order valence-corrected chi connectivity index (χ4v) is 3.21. The zero-order valence-electron chi connectivity index (χ0n) is 14.3. The summed E-state index contributed by atoms with van der Waals surface area (Å²) in [4.78, 5) is 12.4. The molecule has 136 valence electrons. The van der Waals surface area contributed by atoms with Crippen LogP contribution in [0, 0.1) is 0 Å². The van der Waals surface area contributed by atoms with Gasteiger partial charge in [-0.1, -0.05) is 30.3 Å². The van der Waals surface area contributed by atoms with Crippen molar-refractivity contribution in [3.05, 3.63) is 54.6 Å². The van der Waals surface area contributed by atoms with Gasteiger partial charge in [0.25, 0.3) is 0 Å². The van der Waals surface area contributed by atoms with Crippen molar-refractivity contribution in [1.82, 2.24) is 10.2 Å². The van der Waals surface area contributed by atoms with Crippen molar-refractivity contribution < 1.29 is 9.90 Å². The molecule has 0 saturated carbocycles. The van der Waals surface area contributed by atoms with Gasteiger partial charge in [-0.3, -0.25) is 0 Å². The van der Waals surface area contributed by atoms with E-state index in [9.17, 15) is 4.79 Å². The van der Waals surface area contributed by atoms with E-state index >= 15 is 0 Å². The number of rotatable bonds is 4. The molecule has 1 saturated heterocycles. The van der Waals surface area contributed by atoms with E-state index in [0.717, 1.165) is 29.9 Å². The van der Waals surface area contributed by atoms with Crippen LogP contribution in [-0.2, 0) is 0 Å². The summed E-state index contributed by atoms with van der Waals surface area (Å²) in [5.41, 5.74) is 2.82. The number of piperidine rings is 1. The minimum Gasteiger partial charge on any atom is -0.465 e. The molecule has 0 bridgehead atoms. The molecule has 1 aliphatic heterocycles. The summed E-state index contributed by atoms with van der Waals surface area (Å²) in [6.07, 6.45) is 0.640. The van der Waals surface area contributed by atoms with E-state index in [4.69, 9.17) is 17.3 Å². The molecule has 1 fully saturated rings. The van der Waals surface area contributed by atoms with Crippen LogP contribution in [-0.4, -0.2) is 40.3 Å². The van der Waals surface area contributed by atoms with Gasteiger partial charge in [-0.15, -0.1) is 0 Å². The highest BCUT2D eigenvalue weighted by atomic mass is 32.1. The third kappa shape index (κ3) is 4.86. The number of benzene rings is 2. The molecule has 1 aliphatic rings. The number of hydrogen-bond donors (Lipinski definition) is 4. The van der Waals surface area contributed by atoms with E-state index in [0.29, 0.717) is 18.2 Å². The number of carboxylic acid groups (broad SMARTS) is 1. The van der Waals surface area contributed by atoms with Crippen LogP contribution in [0.5, 0.6) is 0 Å². The molecular formula is C19H22N4O2S. The van der Waals surface area contributed by atoms with Crippen molar-refractivity contribution >= 4 is 40.5 Å². The number of hydrogen-bond acceptors (Lipinski definition) is 3. The first-order valence-electron chi connectivity index (χ1n) is 8.58. The Morgan fingerprint density at radius 2 is 1.62 bits per heavy atom. The fourth-order valence-electron chi connectivity index (χ4n) is 2.94. The second-order valence-corrected chi connectivity index (χ2v) is 6.59. The maximum absolute atomic E-state index is 11.0. The van der Waals surface area contributed by atoms with Crippen molar-refractivity contribution in [2.24, 2.45) is 0 Å². The molecule has 7 heteroatoms. The van der Waals surface area contributed by atoms with Crippen LogP contribution in [0.4, 0.5) is 21.9 Å². The average molecular weight is 370 g/mol. The summed E-state index contributed by atoms with van der Waals surface area (Å²) in [5, 5.41) is 19.5. The Morgan fingerprint density at radius 1 is 1.00 bits per heavy atom. The van der Waals surface area contributed by atoms with Gasteiger partial charge < -0.3 is 26.0 Å². The number of carbonyl (C=O) groups is 1. The monoisotopic (exact) mass is 370 g/mol. The lowest BCUT2D eigenvalue weighted by Gasteiger charge is -2.31. The molecule has 4 N–H and O–H groups in total. The summed E-state index contributed by atoms with van der Waals surface area (Å²) >= 11 is 5.44. The van der Waals surface area contributed by atoms with Crippen LogP contribution in [0.3, 0.4) is 0 Å². The zero-order valence-corrected chi connectivity index (χ0v) is 15.1. The van der Waals surface area contributed by atoms with Gasteiger partial charge in [0.2, 0.25) is 0 Å². The normalized spacial score (nSPS) is 14.5. The van der Waals surface area contributed by atoms with Crippen LogP contribution >= 0.6 is 12.2 Å². The maximum atomic E-state index is 11.0. The van der Waals surface area contributed by atoms with E-state index in [1.807, 2.05) is 54.6 Å². The van der Waals surface area contributed by atoms with Crippen molar-refractivity contribution in [1.29, 1.82) is 0 Å². The van der Waals surface area contributed by atoms with E-state index in [2.05, 4.69) is 16.0 Å². The number of anilines is 3. The first-order chi connectivity index (χ1) is 12.6. The smallest absolute Gasteiger partial charge is 0.407 e. The van der Waals surface area contributed by atoms with Gasteiger partial charge in [0.15, 0.2) is 5.11 Å². The Hall–Kier alpha value is -2.80. The van der Waals surface area contributed by atoms with Crippen LogP contribution in [0.15, 0.2) is 54.6 Å². The molecular weight excluding hydrogens is 348 g/mol. The predicted octanol–water partition coefficient (Wildman–Crippen LogP) is 3.86. The van der Waals surface area contributed by atoms with Gasteiger partial charge in [-0.25, -0.2) is 4.79 Å². The van der Waals surface area contributed by atoms with Crippen molar-refractivity contribution in [3.63, 3.8) is 0 Å². The quantitative estimate of drug-likeness (QED) is 0.613. The largest absolute Gasteiger partial charge is 0.465 e. The Bertz CT molecular complexity index is 761. The lowest BCUT2D eigenvalue weighted by atomic mass is 10.1. The highest BCUT2D eigenvalue weighted by molar-refractivity contribution is 7.80. The molecule has 1 heterocycles. The Labute approximate surface area is 158 Å². The van der Waals surface area contributed by atoms with Crippen molar-refractivity contribution in [3.8, 4) is 0 Å². The fraction of sp³-hybridized carbons (Fsp3) is 0.263. The summed E-state index contributed by atoms with van der Waals surface area (Å²) in [7, 11) is 0. The molecule has 2 aromatic rings. The Morgan fingerprint density at radius 3 is 2.27 bits per heavy atom. The first-order valence-corrected chi connectivity index (χ1v) is 8.99. The minimum absolute atomic E-state index is 0.180. The van der Waals surface area contributed by atoms with Crippen LogP contribution < -0.4 is 16.0 Å². The number of likely N-dealkylation sites (tertiary alicyclic amines) is 1. The topological polar surface area (TPSA) is 76.6 Å². The lowest BCUT2D eigenvalue weighted by Crippen LogP contribution is -2.47. The van der Waals surface area contributed by atoms with Gasteiger partial charge >= 0.3 is 6.09 Å². The van der Waals surface area contributed by atoms with Crippen LogP contribution in [0.25, 0.3) is 0 Å². The Balaban J connectivity index is 1.57. The van der Waals surface area contributed by atoms with E-state index in [1.54, 1.807) is 0 Å². The van der Waals surface area contributed by atoms with Crippen LogP contribution in [0.1, 0.15) is 12.8 Å². The second-order valence-electron chi connectivity index (χ2n) is 6.18. The van der Waals surface area contributed by atoms with E-state index < -0.39 is 6.09 Å².